The topological polar surface area (TPSA) is 123 Å². The summed E-state index contributed by atoms with van der Waals surface area (Å²) in [6, 6.07) is 26.8. The normalized spacial score (nSPS) is 12.3. The molecule has 0 unspecified atom stereocenters. The number of phenols is 1. The van der Waals surface area contributed by atoms with Crippen LogP contribution in [0.4, 0.5) is 21.9 Å². The first-order chi connectivity index (χ1) is 21.2. The third kappa shape index (κ3) is 9.54. The van der Waals surface area contributed by atoms with Crippen LogP contribution in [-0.2, 0) is 9.53 Å². The van der Waals surface area contributed by atoms with E-state index in [1.54, 1.807) is 78.5 Å². The number of aromatic hydroxyl groups is 1. The van der Waals surface area contributed by atoms with Crippen LogP contribution in [0.3, 0.4) is 0 Å². The van der Waals surface area contributed by atoms with Crippen LogP contribution in [0.2, 0.25) is 0 Å². The van der Waals surface area contributed by atoms with Gasteiger partial charge in [0, 0.05) is 20.6 Å². The Kier molecular flexibility index (Phi) is 12.2. The van der Waals surface area contributed by atoms with E-state index >= 15 is 0 Å². The highest BCUT2D eigenvalue weighted by atomic mass is 79.9. The van der Waals surface area contributed by atoms with Crippen LogP contribution in [0.25, 0.3) is 0 Å². The Bertz CT molecular complexity index is 1600. The molecule has 0 aromatic heterocycles. The maximum atomic E-state index is 13.2. The molecular formula is C33H31Br2N3O5S. The number of nitrogens with two attached hydrogens (primary N) is 1. The lowest BCUT2D eigenvalue weighted by atomic mass is 9.99. The number of ether oxygens (including phenoxy) is 2. The minimum absolute atomic E-state index is 0.0904. The summed E-state index contributed by atoms with van der Waals surface area (Å²) >= 11 is 8.45. The maximum Gasteiger partial charge on any atom is 0.412 e. The fourth-order valence-corrected chi connectivity index (χ4v) is 5.93. The van der Waals surface area contributed by atoms with Crippen LogP contribution in [-0.4, -0.2) is 29.5 Å². The van der Waals surface area contributed by atoms with Gasteiger partial charge in [0.25, 0.3) is 0 Å². The van der Waals surface area contributed by atoms with Crippen LogP contribution in [0.1, 0.15) is 24.5 Å². The van der Waals surface area contributed by atoms with Gasteiger partial charge in [-0.05, 0) is 102 Å². The molecule has 0 spiro atoms. The van der Waals surface area contributed by atoms with Gasteiger partial charge in [-0.2, -0.15) is 0 Å². The average molecular weight is 742 g/mol. The number of hydrogen-bond donors (Lipinski definition) is 4. The summed E-state index contributed by atoms with van der Waals surface area (Å²) in [6.45, 7) is 0. The first-order valence-corrected chi connectivity index (χ1v) is 16.4. The van der Waals surface area contributed by atoms with E-state index in [1.807, 2.05) is 36.6 Å². The molecule has 44 heavy (non-hydrogen) atoms. The number of allylic oxidation sites excluding steroid dienone is 1. The lowest BCUT2D eigenvalue weighted by molar-refractivity contribution is -0.111. The van der Waals surface area contributed by atoms with Gasteiger partial charge in [0.1, 0.15) is 17.6 Å². The van der Waals surface area contributed by atoms with E-state index in [2.05, 4.69) is 42.5 Å². The van der Waals surface area contributed by atoms with Gasteiger partial charge in [0.05, 0.1) is 15.8 Å². The summed E-state index contributed by atoms with van der Waals surface area (Å²) in [6.07, 6.45) is 3.29. The molecule has 4 aromatic rings. The van der Waals surface area contributed by atoms with Crippen molar-refractivity contribution in [2.75, 3.05) is 22.6 Å². The second kappa shape index (κ2) is 16.2. The third-order valence-electron chi connectivity index (χ3n) is 6.41. The SMILES string of the molecule is CSc1ccc(NC(=O)O[C@H](c2cc(Br)cc(Br)c2O)[C@@H](CC/C=C/C(=O)Nc2ccccc2N)Oc2ccccc2)cc1. The van der Waals surface area contributed by atoms with Gasteiger partial charge in [-0.1, -0.05) is 52.3 Å². The molecule has 0 aliphatic rings. The molecule has 4 aromatic carbocycles. The lowest BCUT2D eigenvalue weighted by Crippen LogP contribution is -2.31. The molecule has 2 amide bonds. The molecule has 0 saturated carbocycles. The average Bonchev–Trinajstić information content (AvgIpc) is 3.01. The predicted molar refractivity (Wildman–Crippen MR) is 183 cm³/mol. The fourth-order valence-electron chi connectivity index (χ4n) is 4.26. The summed E-state index contributed by atoms with van der Waals surface area (Å²) in [5.41, 5.74) is 7.80. The van der Waals surface area contributed by atoms with Gasteiger partial charge in [-0.15, -0.1) is 11.8 Å². The minimum Gasteiger partial charge on any atom is -0.506 e. The van der Waals surface area contributed by atoms with Crippen LogP contribution in [0.5, 0.6) is 11.5 Å². The summed E-state index contributed by atoms with van der Waals surface area (Å²) in [5, 5.41) is 16.6. The standard InChI is InChI=1S/C33H31Br2N3O5S/c1-44-24-17-15-22(16-18-24)37-33(41)43-32(25-19-21(34)20-26(35)31(25)40)29(42-23-9-3-2-4-10-23)13-7-8-14-30(39)38-28-12-6-5-11-27(28)36/h2-6,8-12,14-20,29,32,40H,7,13,36H2,1H3,(H,37,41)(H,38,39)/b14-8+/t29-,32-/m1/s1. The fraction of sp³-hybridized carbons (Fsp3) is 0.152. The molecular weight excluding hydrogens is 710 g/mol. The Morgan fingerprint density at radius 1 is 0.977 bits per heavy atom. The van der Waals surface area contributed by atoms with Crippen molar-refractivity contribution in [1.82, 2.24) is 0 Å². The lowest BCUT2D eigenvalue weighted by Gasteiger charge is -2.29. The number of halogens is 2. The van der Waals surface area contributed by atoms with Crippen LogP contribution in [0, 0.1) is 0 Å². The van der Waals surface area contributed by atoms with E-state index in [9.17, 15) is 14.7 Å². The number of para-hydroxylation sites is 3. The number of carbonyl (C=O) groups is 2. The highest BCUT2D eigenvalue weighted by Gasteiger charge is 2.32. The number of hydrogen-bond acceptors (Lipinski definition) is 7. The van der Waals surface area contributed by atoms with Gasteiger partial charge in [-0.3, -0.25) is 10.1 Å². The molecule has 0 radical (unpaired) electrons. The maximum absolute atomic E-state index is 13.2. The van der Waals surface area contributed by atoms with Crippen molar-refractivity contribution >= 4 is 72.7 Å². The second-order valence-electron chi connectivity index (χ2n) is 9.53. The second-order valence-corrected chi connectivity index (χ2v) is 12.2. The van der Waals surface area contributed by atoms with E-state index in [0.29, 0.717) is 50.2 Å². The monoisotopic (exact) mass is 739 g/mol. The van der Waals surface area contributed by atoms with E-state index < -0.39 is 18.3 Å². The third-order valence-corrected chi connectivity index (χ3v) is 8.21. The molecule has 0 aliphatic heterocycles. The smallest absolute Gasteiger partial charge is 0.412 e. The van der Waals surface area contributed by atoms with Crippen LogP contribution >= 0.6 is 43.6 Å². The molecule has 8 nitrogen and oxygen atoms in total. The molecule has 0 aliphatic carbocycles. The zero-order valence-corrected chi connectivity index (χ0v) is 27.7. The highest BCUT2D eigenvalue weighted by molar-refractivity contribution is 9.11. The number of thioether (sulfide) groups is 1. The van der Waals surface area contributed by atoms with E-state index in [-0.39, 0.29) is 11.7 Å². The zero-order valence-electron chi connectivity index (χ0n) is 23.7. The number of nitrogens with one attached hydrogen (secondary N) is 2. The Labute approximate surface area is 277 Å². The number of carbonyl (C=O) groups excluding carboxylic acids is 2. The number of rotatable bonds is 12. The molecule has 2 atom stereocenters. The molecule has 0 bridgehead atoms. The van der Waals surface area contributed by atoms with E-state index in [4.69, 9.17) is 15.2 Å². The number of benzene rings is 4. The van der Waals surface area contributed by atoms with Gasteiger partial charge in [0.15, 0.2) is 6.10 Å². The van der Waals surface area contributed by atoms with Crippen molar-refractivity contribution < 1.29 is 24.2 Å². The van der Waals surface area contributed by atoms with Crippen molar-refractivity contribution in [3.63, 3.8) is 0 Å². The van der Waals surface area contributed by atoms with Crippen LogP contribution < -0.4 is 21.1 Å². The largest absolute Gasteiger partial charge is 0.506 e. The van der Waals surface area contributed by atoms with Gasteiger partial charge < -0.3 is 25.6 Å². The quantitative estimate of drug-likeness (QED) is 0.0650. The van der Waals surface area contributed by atoms with Gasteiger partial charge in [-0.25, -0.2) is 4.79 Å². The Hall–Kier alpha value is -3.93. The molecule has 0 saturated heterocycles. The van der Waals surface area contributed by atoms with Crippen molar-refractivity contribution in [2.45, 2.75) is 29.9 Å². The Morgan fingerprint density at radius 2 is 1.68 bits per heavy atom. The molecule has 0 heterocycles. The zero-order chi connectivity index (χ0) is 31.5. The first-order valence-electron chi connectivity index (χ1n) is 13.6. The van der Waals surface area contributed by atoms with E-state index in [1.165, 1.54) is 6.08 Å². The molecule has 4 rings (SSSR count). The van der Waals surface area contributed by atoms with Crippen molar-refractivity contribution in [3.8, 4) is 11.5 Å². The Balaban J connectivity index is 1.59. The molecule has 0 fully saturated rings. The summed E-state index contributed by atoms with van der Waals surface area (Å²) in [7, 11) is 0. The summed E-state index contributed by atoms with van der Waals surface area (Å²) in [4.78, 5) is 26.8. The van der Waals surface area contributed by atoms with Gasteiger partial charge >= 0.3 is 6.09 Å². The van der Waals surface area contributed by atoms with Crippen molar-refractivity contribution in [2.24, 2.45) is 0 Å². The minimum atomic E-state index is -1.04. The van der Waals surface area contributed by atoms with Gasteiger partial charge in [0.2, 0.25) is 5.91 Å². The Morgan fingerprint density at radius 3 is 2.39 bits per heavy atom. The van der Waals surface area contributed by atoms with Crippen molar-refractivity contribution in [1.29, 1.82) is 0 Å². The molecule has 5 N–H and O–H groups in total. The van der Waals surface area contributed by atoms with E-state index in [0.717, 1.165) is 4.90 Å². The summed E-state index contributed by atoms with van der Waals surface area (Å²) < 4.78 is 13.4. The number of amides is 2. The highest BCUT2D eigenvalue weighted by Crippen LogP contribution is 2.40. The summed E-state index contributed by atoms with van der Waals surface area (Å²) in [5.74, 6) is 0.123. The number of anilines is 3. The first kappa shape index (κ1) is 33.0. The van der Waals surface area contributed by atoms with Crippen LogP contribution in [0.15, 0.2) is 117 Å². The number of nitrogen functional groups attached to an aromatic ring is 1. The number of phenolic OH excluding ortho intramolecular Hbond substituents is 1. The molecule has 11 heteroatoms. The van der Waals surface area contributed by atoms with Crippen molar-refractivity contribution in [3.05, 3.63) is 118 Å². The molecule has 228 valence electrons. The predicted octanol–water partition coefficient (Wildman–Crippen LogP) is 8.93.